The van der Waals surface area contributed by atoms with Crippen LogP contribution in [0.25, 0.3) is 99.7 Å². The van der Waals surface area contributed by atoms with Gasteiger partial charge in [-0.1, -0.05) is 133 Å². The highest BCUT2D eigenvalue weighted by Crippen LogP contribution is 2.43. The number of pyridine rings is 1. The summed E-state index contributed by atoms with van der Waals surface area (Å²) in [6, 6.07) is 68.9. The first kappa shape index (κ1) is 30.3. The number of benzene rings is 8. The Morgan fingerprint density at radius 3 is 1.69 bits per heavy atom. The lowest BCUT2D eigenvalue weighted by Crippen LogP contribution is -1.97. The van der Waals surface area contributed by atoms with E-state index in [9.17, 15) is 0 Å². The summed E-state index contributed by atoms with van der Waals surface area (Å²) in [4.78, 5) is 10.5. The van der Waals surface area contributed by atoms with Crippen LogP contribution in [0, 0.1) is 0 Å². The summed E-state index contributed by atoms with van der Waals surface area (Å²) >= 11 is 0. The van der Waals surface area contributed by atoms with E-state index in [1.165, 1.54) is 27.2 Å². The molecular formula is C50H32N4. The van der Waals surface area contributed by atoms with Gasteiger partial charge >= 0.3 is 0 Å². The van der Waals surface area contributed by atoms with Crippen molar-refractivity contribution < 1.29 is 0 Å². The molecule has 252 valence electrons. The molecule has 0 spiro atoms. The SMILES string of the molecule is c1ccc(-c2nc3ccc(-c4ccc(-c5nc6ccccc6n5-c5ccccc5)cc4)cc3c3c2ccc2c3c3ccccc3n2-c2ccccc2)cc1. The van der Waals surface area contributed by atoms with Gasteiger partial charge in [0.1, 0.15) is 5.82 Å². The third kappa shape index (κ3) is 4.70. The van der Waals surface area contributed by atoms with E-state index >= 15 is 0 Å². The number of fused-ring (bicyclic) bond motifs is 8. The van der Waals surface area contributed by atoms with Crippen molar-refractivity contribution >= 4 is 54.5 Å². The predicted octanol–water partition coefficient (Wildman–Crippen LogP) is 12.8. The Kier molecular flexibility index (Phi) is 6.82. The number of hydrogen-bond donors (Lipinski definition) is 0. The van der Waals surface area contributed by atoms with Crippen molar-refractivity contribution in [2.75, 3.05) is 0 Å². The molecule has 3 aromatic heterocycles. The van der Waals surface area contributed by atoms with E-state index in [1.54, 1.807) is 0 Å². The topological polar surface area (TPSA) is 35.6 Å². The Bertz CT molecular complexity index is 3180. The molecule has 0 bridgehead atoms. The lowest BCUT2D eigenvalue weighted by molar-refractivity contribution is 1.10. The van der Waals surface area contributed by atoms with Gasteiger partial charge in [0.2, 0.25) is 0 Å². The molecule has 3 heterocycles. The standard InChI is InChI=1S/C50H32N4/c1-4-14-34(15-5-1)49-40-29-31-46-48(39-20-10-12-22-44(39)53(46)37-16-6-2-7-17-37)47(40)41-32-36(28-30-42(41)51-49)33-24-26-35(27-25-33)50-52-43-21-11-13-23-45(43)54(50)38-18-8-3-9-19-38/h1-32H. The molecule has 0 saturated carbocycles. The second-order valence-corrected chi connectivity index (χ2v) is 13.8. The maximum Gasteiger partial charge on any atom is 0.145 e. The fourth-order valence-electron chi connectivity index (χ4n) is 8.27. The average molecular weight is 689 g/mol. The second-order valence-electron chi connectivity index (χ2n) is 13.8. The van der Waals surface area contributed by atoms with Gasteiger partial charge in [-0.3, -0.25) is 4.57 Å². The molecule has 0 amide bonds. The summed E-state index contributed by atoms with van der Waals surface area (Å²) in [5.74, 6) is 0.924. The first-order valence-corrected chi connectivity index (χ1v) is 18.3. The molecule has 11 aromatic rings. The third-order valence-electron chi connectivity index (χ3n) is 10.7. The Morgan fingerprint density at radius 2 is 0.926 bits per heavy atom. The molecule has 0 saturated heterocycles. The Morgan fingerprint density at radius 1 is 0.315 bits per heavy atom. The number of imidazole rings is 1. The number of hydrogen-bond acceptors (Lipinski definition) is 2. The zero-order valence-corrected chi connectivity index (χ0v) is 29.3. The summed E-state index contributed by atoms with van der Waals surface area (Å²) in [6.07, 6.45) is 0. The van der Waals surface area contributed by atoms with E-state index in [1.807, 2.05) is 12.1 Å². The molecule has 0 N–H and O–H groups in total. The van der Waals surface area contributed by atoms with Crippen molar-refractivity contribution in [1.29, 1.82) is 0 Å². The zero-order chi connectivity index (χ0) is 35.6. The van der Waals surface area contributed by atoms with Crippen molar-refractivity contribution in [3.63, 3.8) is 0 Å². The van der Waals surface area contributed by atoms with Crippen LogP contribution in [0.4, 0.5) is 0 Å². The van der Waals surface area contributed by atoms with Crippen LogP contribution in [0.15, 0.2) is 194 Å². The fourth-order valence-corrected chi connectivity index (χ4v) is 8.27. The largest absolute Gasteiger partial charge is 0.309 e. The van der Waals surface area contributed by atoms with Crippen LogP contribution in [0.5, 0.6) is 0 Å². The summed E-state index contributed by atoms with van der Waals surface area (Å²) in [5.41, 5.74) is 13.1. The average Bonchev–Trinajstić information content (AvgIpc) is 3.81. The van der Waals surface area contributed by atoms with Gasteiger partial charge in [-0.2, -0.15) is 0 Å². The highest BCUT2D eigenvalue weighted by Gasteiger charge is 2.20. The van der Waals surface area contributed by atoms with Gasteiger partial charge in [0.15, 0.2) is 0 Å². The van der Waals surface area contributed by atoms with Crippen LogP contribution in [0.2, 0.25) is 0 Å². The maximum atomic E-state index is 5.36. The molecule has 0 aliphatic carbocycles. The van der Waals surface area contributed by atoms with Crippen LogP contribution in [-0.4, -0.2) is 19.1 Å². The molecule has 11 rings (SSSR count). The van der Waals surface area contributed by atoms with Crippen LogP contribution in [0.1, 0.15) is 0 Å². The molecule has 4 nitrogen and oxygen atoms in total. The quantitative estimate of drug-likeness (QED) is 0.169. The minimum absolute atomic E-state index is 0.924. The predicted molar refractivity (Wildman–Crippen MR) is 225 cm³/mol. The lowest BCUT2D eigenvalue weighted by Gasteiger charge is -2.14. The summed E-state index contributed by atoms with van der Waals surface area (Å²) in [7, 11) is 0. The van der Waals surface area contributed by atoms with E-state index in [0.29, 0.717) is 0 Å². The summed E-state index contributed by atoms with van der Waals surface area (Å²) < 4.78 is 4.64. The van der Waals surface area contributed by atoms with Crippen molar-refractivity contribution in [2.24, 2.45) is 0 Å². The van der Waals surface area contributed by atoms with Gasteiger partial charge in [-0.05, 0) is 71.8 Å². The van der Waals surface area contributed by atoms with Gasteiger partial charge in [0.25, 0.3) is 0 Å². The smallest absolute Gasteiger partial charge is 0.145 e. The number of aromatic nitrogens is 4. The second kappa shape index (κ2) is 12.1. The number of nitrogens with zero attached hydrogens (tertiary/aromatic N) is 4. The highest BCUT2D eigenvalue weighted by molar-refractivity contribution is 6.29. The first-order chi connectivity index (χ1) is 26.8. The van der Waals surface area contributed by atoms with Gasteiger partial charge in [-0.15, -0.1) is 0 Å². The minimum Gasteiger partial charge on any atom is -0.309 e. The maximum absolute atomic E-state index is 5.36. The molecule has 0 atom stereocenters. The Hall–Kier alpha value is -7.30. The Balaban J connectivity index is 1.14. The summed E-state index contributed by atoms with van der Waals surface area (Å²) in [5, 5.41) is 5.97. The zero-order valence-electron chi connectivity index (χ0n) is 29.3. The van der Waals surface area contributed by atoms with E-state index in [-0.39, 0.29) is 0 Å². The normalized spacial score (nSPS) is 11.7. The minimum atomic E-state index is 0.924. The Labute approximate surface area is 311 Å². The van der Waals surface area contributed by atoms with E-state index in [0.717, 1.165) is 72.5 Å². The molecule has 0 unspecified atom stereocenters. The molecular weight excluding hydrogens is 657 g/mol. The fraction of sp³-hybridized carbons (Fsp3) is 0. The van der Waals surface area contributed by atoms with E-state index in [2.05, 4.69) is 191 Å². The van der Waals surface area contributed by atoms with Crippen LogP contribution < -0.4 is 0 Å². The molecule has 0 aliphatic rings. The van der Waals surface area contributed by atoms with Crippen LogP contribution >= 0.6 is 0 Å². The highest BCUT2D eigenvalue weighted by atomic mass is 15.1. The van der Waals surface area contributed by atoms with Gasteiger partial charge in [0, 0.05) is 49.4 Å². The van der Waals surface area contributed by atoms with Crippen molar-refractivity contribution in [3.05, 3.63) is 194 Å². The summed E-state index contributed by atoms with van der Waals surface area (Å²) in [6.45, 7) is 0. The van der Waals surface area contributed by atoms with Crippen LogP contribution in [0.3, 0.4) is 0 Å². The van der Waals surface area contributed by atoms with Crippen molar-refractivity contribution in [1.82, 2.24) is 19.1 Å². The van der Waals surface area contributed by atoms with E-state index < -0.39 is 0 Å². The van der Waals surface area contributed by atoms with Crippen molar-refractivity contribution in [3.8, 4) is 45.1 Å². The molecule has 0 radical (unpaired) electrons. The van der Waals surface area contributed by atoms with Gasteiger partial charge < -0.3 is 4.57 Å². The van der Waals surface area contributed by atoms with E-state index in [4.69, 9.17) is 9.97 Å². The van der Waals surface area contributed by atoms with Crippen LogP contribution in [-0.2, 0) is 0 Å². The third-order valence-corrected chi connectivity index (χ3v) is 10.7. The molecule has 4 heteroatoms. The molecule has 54 heavy (non-hydrogen) atoms. The number of rotatable bonds is 5. The van der Waals surface area contributed by atoms with Crippen molar-refractivity contribution in [2.45, 2.75) is 0 Å². The number of para-hydroxylation sites is 5. The first-order valence-electron chi connectivity index (χ1n) is 18.3. The molecule has 8 aromatic carbocycles. The van der Waals surface area contributed by atoms with Gasteiger partial charge in [0.05, 0.1) is 33.3 Å². The molecule has 0 fully saturated rings. The lowest BCUT2D eigenvalue weighted by atomic mass is 9.94. The van der Waals surface area contributed by atoms with Gasteiger partial charge in [-0.25, -0.2) is 9.97 Å². The molecule has 0 aliphatic heterocycles. The monoisotopic (exact) mass is 688 g/mol.